The second-order valence-corrected chi connectivity index (χ2v) is 5.75. The summed E-state index contributed by atoms with van der Waals surface area (Å²) in [5, 5.41) is 4.01. The van der Waals surface area contributed by atoms with E-state index in [1.54, 1.807) is 12.5 Å². The topological polar surface area (TPSA) is 62.7 Å². The summed E-state index contributed by atoms with van der Waals surface area (Å²) in [7, 11) is 0. The van der Waals surface area contributed by atoms with Crippen molar-refractivity contribution in [1.29, 1.82) is 0 Å². The summed E-state index contributed by atoms with van der Waals surface area (Å²) in [6.45, 7) is 5.52. The van der Waals surface area contributed by atoms with E-state index >= 15 is 0 Å². The van der Waals surface area contributed by atoms with Gasteiger partial charge in [0.05, 0.1) is 11.9 Å². The Bertz CT molecular complexity index is 773. The second kappa shape index (κ2) is 6.05. The van der Waals surface area contributed by atoms with Gasteiger partial charge in [0, 0.05) is 42.1 Å². The molecule has 0 fully saturated rings. The van der Waals surface area contributed by atoms with Gasteiger partial charge in [-0.1, -0.05) is 25.1 Å². The first-order valence-electron chi connectivity index (χ1n) is 7.46. The molecule has 0 aliphatic rings. The summed E-state index contributed by atoms with van der Waals surface area (Å²) in [5.74, 6) is 0.316. The average molecular weight is 296 g/mol. The Morgan fingerprint density at radius 3 is 3.00 bits per heavy atom. The number of amides is 1. The third-order valence-corrected chi connectivity index (χ3v) is 3.81. The lowest BCUT2D eigenvalue weighted by Crippen LogP contribution is -2.30. The SMILES string of the molecule is Cc1[nH]c2ccccc2c1C(=O)NCC(C)Cn1ccnc1. The molecule has 0 radical (unpaired) electrons. The van der Waals surface area contributed by atoms with Gasteiger partial charge in [0.1, 0.15) is 0 Å². The molecule has 5 heteroatoms. The smallest absolute Gasteiger partial charge is 0.253 e. The number of carbonyl (C=O) groups is 1. The highest BCUT2D eigenvalue weighted by molar-refractivity contribution is 6.08. The number of H-pyrrole nitrogens is 1. The molecular formula is C17H20N4O. The Kier molecular flexibility index (Phi) is 3.96. The molecule has 1 unspecified atom stereocenters. The van der Waals surface area contributed by atoms with Gasteiger partial charge in [-0.25, -0.2) is 4.98 Å². The maximum atomic E-state index is 12.5. The number of fused-ring (bicyclic) bond motifs is 1. The van der Waals surface area contributed by atoms with E-state index in [0.717, 1.165) is 28.7 Å². The predicted molar refractivity (Wildman–Crippen MR) is 86.8 cm³/mol. The van der Waals surface area contributed by atoms with Crippen molar-refractivity contribution in [3.63, 3.8) is 0 Å². The molecule has 22 heavy (non-hydrogen) atoms. The van der Waals surface area contributed by atoms with E-state index in [-0.39, 0.29) is 5.91 Å². The number of nitrogens with zero attached hydrogens (tertiary/aromatic N) is 2. The second-order valence-electron chi connectivity index (χ2n) is 5.75. The number of imidazole rings is 1. The molecule has 3 rings (SSSR count). The van der Waals surface area contributed by atoms with Gasteiger partial charge in [-0.15, -0.1) is 0 Å². The van der Waals surface area contributed by atoms with Crippen molar-refractivity contribution in [2.24, 2.45) is 5.92 Å². The summed E-state index contributed by atoms with van der Waals surface area (Å²) in [6.07, 6.45) is 5.49. The van der Waals surface area contributed by atoms with E-state index in [4.69, 9.17) is 0 Å². The van der Waals surface area contributed by atoms with Gasteiger partial charge in [0.15, 0.2) is 0 Å². The van der Waals surface area contributed by atoms with Crippen molar-refractivity contribution < 1.29 is 4.79 Å². The van der Waals surface area contributed by atoms with Crippen molar-refractivity contribution >= 4 is 16.8 Å². The summed E-state index contributed by atoms with van der Waals surface area (Å²) >= 11 is 0. The standard InChI is InChI=1S/C17H20N4O/c1-12(10-21-8-7-18-11-21)9-19-17(22)16-13(2)20-15-6-4-3-5-14(15)16/h3-8,11-12,20H,9-10H2,1-2H3,(H,19,22). The van der Waals surface area contributed by atoms with Crippen LogP contribution in [0.5, 0.6) is 0 Å². The summed E-state index contributed by atoms with van der Waals surface area (Å²) < 4.78 is 2.02. The number of aromatic amines is 1. The van der Waals surface area contributed by atoms with Crippen LogP contribution in [0.4, 0.5) is 0 Å². The highest BCUT2D eigenvalue weighted by Crippen LogP contribution is 2.21. The molecule has 1 atom stereocenters. The predicted octanol–water partition coefficient (Wildman–Crippen LogP) is 2.74. The van der Waals surface area contributed by atoms with Crippen LogP contribution in [0.25, 0.3) is 10.9 Å². The fourth-order valence-corrected chi connectivity index (χ4v) is 2.74. The lowest BCUT2D eigenvalue weighted by molar-refractivity contribution is 0.0948. The molecule has 5 nitrogen and oxygen atoms in total. The van der Waals surface area contributed by atoms with Crippen LogP contribution in [0.15, 0.2) is 43.0 Å². The van der Waals surface area contributed by atoms with Crippen molar-refractivity contribution in [2.75, 3.05) is 6.54 Å². The molecule has 0 spiro atoms. The lowest BCUT2D eigenvalue weighted by atomic mass is 10.1. The minimum atomic E-state index is -0.0209. The van der Waals surface area contributed by atoms with Crippen LogP contribution < -0.4 is 5.32 Å². The van der Waals surface area contributed by atoms with Crippen LogP contribution in [-0.4, -0.2) is 27.0 Å². The van der Waals surface area contributed by atoms with E-state index in [0.29, 0.717) is 12.5 Å². The first-order valence-corrected chi connectivity index (χ1v) is 7.46. The van der Waals surface area contributed by atoms with Crippen molar-refractivity contribution in [1.82, 2.24) is 19.9 Å². The molecule has 0 saturated carbocycles. The molecular weight excluding hydrogens is 276 g/mol. The first-order chi connectivity index (χ1) is 10.6. The Morgan fingerprint density at radius 2 is 2.23 bits per heavy atom. The average Bonchev–Trinajstić information content (AvgIpc) is 3.11. The molecule has 114 valence electrons. The number of aryl methyl sites for hydroxylation is 1. The fraction of sp³-hybridized carbons (Fsp3) is 0.294. The largest absolute Gasteiger partial charge is 0.358 e. The molecule has 0 saturated heterocycles. The summed E-state index contributed by atoms with van der Waals surface area (Å²) in [5.41, 5.74) is 2.64. The van der Waals surface area contributed by atoms with E-state index in [9.17, 15) is 4.79 Å². The number of benzene rings is 1. The van der Waals surface area contributed by atoms with Gasteiger partial charge in [-0.05, 0) is 18.9 Å². The number of hydrogen-bond acceptors (Lipinski definition) is 2. The summed E-state index contributed by atoms with van der Waals surface area (Å²) in [6, 6.07) is 7.88. The molecule has 0 bridgehead atoms. The highest BCUT2D eigenvalue weighted by atomic mass is 16.1. The normalized spacial score (nSPS) is 12.5. The van der Waals surface area contributed by atoms with Crippen LogP contribution in [0, 0.1) is 12.8 Å². The van der Waals surface area contributed by atoms with Crippen molar-refractivity contribution in [2.45, 2.75) is 20.4 Å². The van der Waals surface area contributed by atoms with Gasteiger partial charge >= 0.3 is 0 Å². The zero-order chi connectivity index (χ0) is 15.5. The van der Waals surface area contributed by atoms with Crippen LogP contribution in [0.2, 0.25) is 0 Å². The van der Waals surface area contributed by atoms with Gasteiger partial charge in [0.2, 0.25) is 0 Å². The highest BCUT2D eigenvalue weighted by Gasteiger charge is 2.16. The minimum Gasteiger partial charge on any atom is -0.358 e. The van der Waals surface area contributed by atoms with Crippen LogP contribution >= 0.6 is 0 Å². The number of carbonyl (C=O) groups excluding carboxylic acids is 1. The van der Waals surface area contributed by atoms with Crippen LogP contribution in [0.3, 0.4) is 0 Å². The van der Waals surface area contributed by atoms with Crippen LogP contribution in [-0.2, 0) is 6.54 Å². The van der Waals surface area contributed by atoms with Gasteiger partial charge in [0.25, 0.3) is 5.91 Å². The molecule has 1 aromatic carbocycles. The monoisotopic (exact) mass is 296 g/mol. The molecule has 2 aromatic heterocycles. The van der Waals surface area contributed by atoms with Crippen LogP contribution in [0.1, 0.15) is 23.0 Å². The Morgan fingerprint density at radius 1 is 1.41 bits per heavy atom. The molecule has 3 aromatic rings. The first kappa shape index (κ1) is 14.4. The maximum Gasteiger partial charge on any atom is 0.253 e. The fourth-order valence-electron chi connectivity index (χ4n) is 2.74. The van der Waals surface area contributed by atoms with E-state index in [1.165, 1.54) is 0 Å². The minimum absolute atomic E-state index is 0.0209. The molecule has 0 aliphatic heterocycles. The Balaban J connectivity index is 1.67. The number of nitrogens with one attached hydrogen (secondary N) is 2. The quantitative estimate of drug-likeness (QED) is 0.760. The third-order valence-electron chi connectivity index (χ3n) is 3.81. The number of aromatic nitrogens is 3. The van der Waals surface area contributed by atoms with Gasteiger partial charge in [-0.3, -0.25) is 4.79 Å². The number of rotatable bonds is 5. The van der Waals surface area contributed by atoms with Crippen molar-refractivity contribution in [3.8, 4) is 0 Å². The van der Waals surface area contributed by atoms with E-state index in [2.05, 4.69) is 22.2 Å². The molecule has 1 amide bonds. The third kappa shape index (κ3) is 2.88. The van der Waals surface area contributed by atoms with Gasteiger partial charge in [-0.2, -0.15) is 0 Å². The lowest BCUT2D eigenvalue weighted by Gasteiger charge is -2.13. The number of para-hydroxylation sites is 1. The molecule has 2 heterocycles. The maximum absolute atomic E-state index is 12.5. The van der Waals surface area contributed by atoms with E-state index < -0.39 is 0 Å². The number of hydrogen-bond donors (Lipinski definition) is 2. The molecule has 0 aliphatic carbocycles. The zero-order valence-corrected chi connectivity index (χ0v) is 12.8. The zero-order valence-electron chi connectivity index (χ0n) is 12.8. The summed E-state index contributed by atoms with van der Waals surface area (Å²) in [4.78, 5) is 19.8. The Hall–Kier alpha value is -2.56. The van der Waals surface area contributed by atoms with E-state index in [1.807, 2.05) is 42.0 Å². The van der Waals surface area contributed by atoms with Gasteiger partial charge < -0.3 is 14.9 Å². The van der Waals surface area contributed by atoms with Crippen molar-refractivity contribution in [3.05, 3.63) is 54.2 Å². The molecule has 2 N–H and O–H groups in total. The Labute approximate surface area is 129 Å².